The Labute approximate surface area is 170 Å². The molecule has 2 amide bonds. The number of halogens is 1. The van der Waals surface area contributed by atoms with Crippen molar-refractivity contribution in [2.75, 3.05) is 17.2 Å². The molecule has 3 aromatic rings. The van der Waals surface area contributed by atoms with Crippen molar-refractivity contribution in [3.8, 4) is 11.1 Å². The van der Waals surface area contributed by atoms with Crippen LogP contribution < -0.4 is 10.6 Å². The van der Waals surface area contributed by atoms with Gasteiger partial charge in [-0.15, -0.1) is 0 Å². The third kappa shape index (κ3) is 4.86. The van der Waals surface area contributed by atoms with Crippen LogP contribution in [0.4, 0.5) is 5.69 Å². The first-order chi connectivity index (χ1) is 13.6. The van der Waals surface area contributed by atoms with Crippen molar-refractivity contribution in [1.82, 2.24) is 25.3 Å². The number of nitrogens with zero attached hydrogens (tertiary/aromatic N) is 3. The summed E-state index contributed by atoms with van der Waals surface area (Å²) in [6, 6.07) is 7.20. The van der Waals surface area contributed by atoms with E-state index in [1.54, 1.807) is 43.8 Å². The number of hydrogen-bond acceptors (Lipinski definition) is 4. The van der Waals surface area contributed by atoms with Gasteiger partial charge in [-0.05, 0) is 30.5 Å². The van der Waals surface area contributed by atoms with Gasteiger partial charge >= 0.3 is 0 Å². The van der Waals surface area contributed by atoms with Gasteiger partial charge in [-0.1, -0.05) is 28.1 Å². The van der Waals surface area contributed by atoms with E-state index in [-0.39, 0.29) is 17.5 Å². The number of nitrogens with one attached hydrogen (secondary N) is 3. The minimum Gasteiger partial charge on any atom is -0.351 e. The molecule has 0 aliphatic carbocycles. The van der Waals surface area contributed by atoms with Crippen molar-refractivity contribution in [1.29, 1.82) is 0 Å². The molecule has 0 fully saturated rings. The first-order valence-electron chi connectivity index (χ1n) is 8.87. The maximum atomic E-state index is 12.7. The molecule has 0 unspecified atom stereocenters. The predicted octanol–water partition coefficient (Wildman–Crippen LogP) is 2.97. The van der Waals surface area contributed by atoms with E-state index in [1.165, 1.54) is 4.68 Å². The second-order valence-corrected chi connectivity index (χ2v) is 7.03. The number of benzene rings is 1. The first kappa shape index (κ1) is 19.8. The number of unbranched alkanes of at least 4 members (excludes halogenated alkanes) is 1. The average Bonchev–Trinajstić information content (AvgIpc) is 3.35. The average molecular weight is 445 g/mol. The van der Waals surface area contributed by atoms with Crippen LogP contribution in [0.1, 0.15) is 33.7 Å². The molecule has 8 nitrogen and oxygen atoms in total. The number of rotatable bonds is 8. The Morgan fingerprint density at radius 1 is 1.21 bits per heavy atom. The zero-order chi connectivity index (χ0) is 19.9. The Balaban J connectivity index is 1.72. The lowest BCUT2D eigenvalue weighted by atomic mass is 10.1. The Bertz CT molecular complexity index is 951. The summed E-state index contributed by atoms with van der Waals surface area (Å²) in [5, 5.41) is 17.4. The number of anilines is 1. The summed E-state index contributed by atoms with van der Waals surface area (Å²) in [5.41, 5.74) is 2.81. The van der Waals surface area contributed by atoms with Crippen molar-refractivity contribution >= 4 is 33.4 Å². The van der Waals surface area contributed by atoms with E-state index in [0.717, 1.165) is 29.3 Å². The smallest absolute Gasteiger partial charge is 0.273 e. The summed E-state index contributed by atoms with van der Waals surface area (Å²) in [4.78, 5) is 25.1. The van der Waals surface area contributed by atoms with Crippen molar-refractivity contribution in [3.63, 3.8) is 0 Å². The Hall–Kier alpha value is -2.94. The van der Waals surface area contributed by atoms with Crippen molar-refractivity contribution in [2.45, 2.75) is 12.8 Å². The zero-order valence-electron chi connectivity index (χ0n) is 15.4. The summed E-state index contributed by atoms with van der Waals surface area (Å²) in [5.74, 6) is -0.621. The van der Waals surface area contributed by atoms with Crippen molar-refractivity contribution < 1.29 is 9.59 Å². The highest BCUT2D eigenvalue weighted by atomic mass is 79.9. The monoisotopic (exact) mass is 444 g/mol. The minimum atomic E-state index is -0.313. The van der Waals surface area contributed by atoms with Gasteiger partial charge in [0.2, 0.25) is 0 Å². The molecule has 0 bridgehead atoms. The predicted molar refractivity (Wildman–Crippen MR) is 111 cm³/mol. The van der Waals surface area contributed by atoms with Crippen molar-refractivity contribution in [2.24, 2.45) is 7.05 Å². The van der Waals surface area contributed by atoms with Crippen LogP contribution in [0.2, 0.25) is 0 Å². The number of alkyl halides is 1. The SMILES string of the molecule is Cn1cc(NC(=O)c2cccc(-c3cn[nH]c3)c2)c(C(=O)NCCCCBr)n1. The fourth-order valence-corrected chi connectivity index (χ4v) is 3.09. The van der Waals surface area contributed by atoms with Gasteiger partial charge in [0.05, 0.1) is 11.9 Å². The summed E-state index contributed by atoms with van der Waals surface area (Å²) in [7, 11) is 1.71. The summed E-state index contributed by atoms with van der Waals surface area (Å²) in [6.07, 6.45) is 6.91. The van der Waals surface area contributed by atoms with E-state index >= 15 is 0 Å². The van der Waals surface area contributed by atoms with Crippen LogP contribution in [0.5, 0.6) is 0 Å². The largest absolute Gasteiger partial charge is 0.351 e. The second-order valence-electron chi connectivity index (χ2n) is 6.24. The highest BCUT2D eigenvalue weighted by Gasteiger charge is 2.18. The van der Waals surface area contributed by atoms with E-state index in [9.17, 15) is 9.59 Å². The highest BCUT2D eigenvalue weighted by Crippen LogP contribution is 2.20. The zero-order valence-corrected chi connectivity index (χ0v) is 17.0. The van der Waals surface area contributed by atoms with Gasteiger partial charge in [0.1, 0.15) is 0 Å². The van der Waals surface area contributed by atoms with Crippen LogP contribution >= 0.6 is 15.9 Å². The molecule has 2 heterocycles. The Morgan fingerprint density at radius 2 is 2.07 bits per heavy atom. The van der Waals surface area contributed by atoms with E-state index in [4.69, 9.17) is 0 Å². The summed E-state index contributed by atoms with van der Waals surface area (Å²) >= 11 is 3.36. The number of H-pyrrole nitrogens is 1. The van der Waals surface area contributed by atoms with Gasteiger partial charge < -0.3 is 10.6 Å². The minimum absolute atomic E-state index is 0.195. The van der Waals surface area contributed by atoms with Crippen LogP contribution in [0.3, 0.4) is 0 Å². The van der Waals surface area contributed by atoms with Gasteiger partial charge in [-0.2, -0.15) is 10.2 Å². The lowest BCUT2D eigenvalue weighted by Crippen LogP contribution is -2.26. The lowest BCUT2D eigenvalue weighted by Gasteiger charge is -2.07. The number of aryl methyl sites for hydroxylation is 1. The van der Waals surface area contributed by atoms with E-state index in [0.29, 0.717) is 17.8 Å². The molecule has 28 heavy (non-hydrogen) atoms. The molecule has 0 spiro atoms. The van der Waals surface area contributed by atoms with Crippen molar-refractivity contribution in [3.05, 3.63) is 54.1 Å². The fraction of sp³-hybridized carbons (Fsp3) is 0.263. The van der Waals surface area contributed by atoms with Gasteiger partial charge in [-0.25, -0.2) is 0 Å². The van der Waals surface area contributed by atoms with Gasteiger partial charge in [0, 0.05) is 42.4 Å². The van der Waals surface area contributed by atoms with Crippen LogP contribution in [0, 0.1) is 0 Å². The third-order valence-electron chi connectivity index (χ3n) is 4.09. The fourth-order valence-electron chi connectivity index (χ4n) is 2.70. The Kier molecular flexibility index (Phi) is 6.59. The maximum absolute atomic E-state index is 12.7. The van der Waals surface area contributed by atoms with Gasteiger partial charge in [-0.3, -0.25) is 19.4 Å². The van der Waals surface area contributed by atoms with E-state index in [2.05, 4.69) is 41.9 Å². The van der Waals surface area contributed by atoms with Crippen LogP contribution in [-0.4, -0.2) is 43.7 Å². The molecule has 1 aromatic carbocycles. The number of carbonyl (C=O) groups excluding carboxylic acids is 2. The molecule has 146 valence electrons. The second kappa shape index (κ2) is 9.32. The first-order valence-corrected chi connectivity index (χ1v) is 9.99. The molecule has 9 heteroatoms. The highest BCUT2D eigenvalue weighted by molar-refractivity contribution is 9.09. The molecular formula is C19H21BrN6O2. The van der Waals surface area contributed by atoms with Crippen LogP contribution in [0.25, 0.3) is 11.1 Å². The number of hydrogen-bond donors (Lipinski definition) is 3. The molecule has 0 saturated heterocycles. The standard InChI is InChI=1S/C19H21BrN6O2/c1-26-12-16(17(25-26)19(28)21-8-3-2-7-20)24-18(27)14-6-4-5-13(9-14)15-10-22-23-11-15/h4-6,9-12H,2-3,7-8H2,1H3,(H,21,28)(H,22,23)(H,24,27). The van der Waals surface area contributed by atoms with E-state index < -0.39 is 0 Å². The maximum Gasteiger partial charge on any atom is 0.273 e. The molecular weight excluding hydrogens is 424 g/mol. The Morgan fingerprint density at radius 3 is 2.82 bits per heavy atom. The van der Waals surface area contributed by atoms with E-state index in [1.807, 2.05) is 6.07 Å². The van der Waals surface area contributed by atoms with Gasteiger partial charge in [0.15, 0.2) is 5.69 Å². The molecule has 3 N–H and O–H groups in total. The molecule has 0 atom stereocenters. The van der Waals surface area contributed by atoms with Gasteiger partial charge in [0.25, 0.3) is 11.8 Å². The van der Waals surface area contributed by atoms with Crippen LogP contribution in [-0.2, 0) is 7.05 Å². The topological polar surface area (TPSA) is 105 Å². The molecule has 0 saturated carbocycles. The molecule has 0 aliphatic rings. The third-order valence-corrected chi connectivity index (χ3v) is 4.66. The number of amides is 2. The number of aromatic amines is 1. The quantitative estimate of drug-likeness (QED) is 0.366. The lowest BCUT2D eigenvalue weighted by molar-refractivity contribution is 0.0948. The van der Waals surface area contributed by atoms with Crippen LogP contribution in [0.15, 0.2) is 42.9 Å². The number of aromatic nitrogens is 4. The number of carbonyl (C=O) groups is 2. The molecule has 0 aliphatic heterocycles. The normalized spacial score (nSPS) is 10.6. The molecule has 3 rings (SSSR count). The molecule has 0 radical (unpaired) electrons. The summed E-state index contributed by atoms with van der Waals surface area (Å²) < 4.78 is 1.50. The molecule has 2 aromatic heterocycles. The summed E-state index contributed by atoms with van der Waals surface area (Å²) in [6.45, 7) is 0.557.